The Kier molecular flexibility index (Phi) is 8.22. The molecule has 0 saturated heterocycles. The first-order chi connectivity index (χ1) is 15.0. The maximum atomic E-state index is 12.3. The van der Waals surface area contributed by atoms with Crippen LogP contribution in [0.1, 0.15) is 73.2 Å². The average Bonchev–Trinajstić information content (AvgIpc) is 3.15. The summed E-state index contributed by atoms with van der Waals surface area (Å²) in [5.74, 6) is 1.87. The summed E-state index contributed by atoms with van der Waals surface area (Å²) >= 11 is 0. The minimum absolute atomic E-state index is 0.347. The first kappa shape index (κ1) is 23.0. The molecule has 1 aromatic heterocycles. The number of benzene rings is 2. The van der Waals surface area contributed by atoms with Crippen molar-refractivity contribution in [1.82, 2.24) is 4.98 Å². The highest BCUT2D eigenvalue weighted by molar-refractivity contribution is 5.78. The lowest BCUT2D eigenvalue weighted by atomic mass is 9.98. The van der Waals surface area contributed by atoms with Gasteiger partial charge in [0.05, 0.1) is 5.69 Å². The number of oxazole rings is 1. The fourth-order valence-electron chi connectivity index (χ4n) is 4.00. The van der Waals surface area contributed by atoms with E-state index in [2.05, 4.69) is 68.2 Å². The van der Waals surface area contributed by atoms with Gasteiger partial charge in [0, 0.05) is 18.4 Å². The molecule has 0 unspecified atom stereocenters. The van der Waals surface area contributed by atoms with Crippen molar-refractivity contribution < 1.29 is 9.21 Å². The molecule has 0 aliphatic heterocycles. The van der Waals surface area contributed by atoms with Crippen molar-refractivity contribution in [3.05, 3.63) is 76.2 Å². The molecule has 2 aromatic carbocycles. The molecule has 0 atom stereocenters. The Morgan fingerprint density at radius 1 is 0.871 bits per heavy atom. The fraction of sp³-hybridized carbons (Fsp3) is 0.429. The highest BCUT2D eigenvalue weighted by atomic mass is 16.4. The molecule has 164 valence electrons. The van der Waals surface area contributed by atoms with Crippen LogP contribution in [0.5, 0.6) is 0 Å². The maximum Gasteiger partial charge on any atom is 0.226 e. The third-order valence-corrected chi connectivity index (χ3v) is 6.09. The number of hydrogen-bond donors (Lipinski definition) is 0. The summed E-state index contributed by atoms with van der Waals surface area (Å²) < 4.78 is 5.88. The van der Waals surface area contributed by atoms with Crippen LogP contribution in [0.2, 0.25) is 0 Å². The number of nitrogens with zero attached hydrogens (tertiary/aromatic N) is 1. The Morgan fingerprint density at radius 3 is 2.23 bits per heavy atom. The lowest BCUT2D eigenvalue weighted by Gasteiger charge is -2.07. The zero-order chi connectivity index (χ0) is 22.2. The molecule has 0 aliphatic rings. The molecule has 0 fully saturated rings. The number of aromatic nitrogens is 1. The van der Waals surface area contributed by atoms with E-state index in [4.69, 9.17) is 4.42 Å². The first-order valence-corrected chi connectivity index (χ1v) is 11.7. The van der Waals surface area contributed by atoms with E-state index in [1.54, 1.807) is 0 Å². The molecule has 1 heterocycles. The van der Waals surface area contributed by atoms with Crippen molar-refractivity contribution in [2.24, 2.45) is 0 Å². The van der Waals surface area contributed by atoms with Gasteiger partial charge in [-0.25, -0.2) is 4.98 Å². The van der Waals surface area contributed by atoms with Crippen molar-refractivity contribution >= 4 is 5.78 Å². The van der Waals surface area contributed by atoms with Gasteiger partial charge in [0.25, 0.3) is 0 Å². The number of Topliss-reactive ketones (excluding diaryl/α,β-unsaturated/α-hetero) is 1. The van der Waals surface area contributed by atoms with Crippen LogP contribution in [0.3, 0.4) is 0 Å². The SMILES string of the molecule is CCc1ccc(-c2nc(CCCC(=O)CCCc3ccc(C)c(CC)c3)c(C)o2)cc1. The number of hydrogen-bond acceptors (Lipinski definition) is 3. The van der Waals surface area contributed by atoms with Gasteiger partial charge >= 0.3 is 0 Å². The first-order valence-electron chi connectivity index (χ1n) is 11.7. The average molecular weight is 418 g/mol. The van der Waals surface area contributed by atoms with Crippen LogP contribution in [0.25, 0.3) is 11.5 Å². The Balaban J connectivity index is 1.43. The van der Waals surface area contributed by atoms with E-state index in [1.165, 1.54) is 22.3 Å². The highest BCUT2D eigenvalue weighted by Crippen LogP contribution is 2.23. The van der Waals surface area contributed by atoms with Crippen LogP contribution in [-0.2, 0) is 30.5 Å². The minimum Gasteiger partial charge on any atom is -0.441 e. The summed E-state index contributed by atoms with van der Waals surface area (Å²) in [7, 11) is 0. The molecule has 0 N–H and O–H groups in total. The van der Waals surface area contributed by atoms with E-state index in [0.717, 1.165) is 55.5 Å². The van der Waals surface area contributed by atoms with Gasteiger partial charge in [-0.15, -0.1) is 0 Å². The van der Waals surface area contributed by atoms with E-state index in [9.17, 15) is 4.79 Å². The molecule has 0 saturated carbocycles. The van der Waals surface area contributed by atoms with E-state index in [0.29, 0.717) is 24.5 Å². The molecule has 3 nitrogen and oxygen atoms in total. The Labute approximate surface area is 186 Å². The van der Waals surface area contributed by atoms with Crippen molar-refractivity contribution in [1.29, 1.82) is 0 Å². The van der Waals surface area contributed by atoms with Gasteiger partial charge in [-0.05, 0) is 86.8 Å². The summed E-state index contributed by atoms with van der Waals surface area (Å²) in [4.78, 5) is 17.0. The maximum absolute atomic E-state index is 12.3. The zero-order valence-corrected chi connectivity index (χ0v) is 19.5. The molecular weight excluding hydrogens is 382 g/mol. The molecule has 3 aromatic rings. The highest BCUT2D eigenvalue weighted by Gasteiger charge is 2.12. The fourth-order valence-corrected chi connectivity index (χ4v) is 4.00. The summed E-state index contributed by atoms with van der Waals surface area (Å²) in [6.07, 6.45) is 6.86. The lowest BCUT2D eigenvalue weighted by molar-refractivity contribution is -0.119. The molecule has 3 rings (SSSR count). The Hall–Kier alpha value is -2.68. The van der Waals surface area contributed by atoms with Crippen molar-refractivity contribution in [2.45, 2.75) is 79.1 Å². The van der Waals surface area contributed by atoms with Gasteiger partial charge in [-0.2, -0.15) is 0 Å². The van der Waals surface area contributed by atoms with Crippen LogP contribution in [0.15, 0.2) is 46.9 Å². The van der Waals surface area contributed by atoms with Gasteiger partial charge in [0.2, 0.25) is 5.89 Å². The van der Waals surface area contributed by atoms with Crippen molar-refractivity contribution in [3.8, 4) is 11.5 Å². The molecule has 3 heteroatoms. The number of carbonyl (C=O) groups excluding carboxylic acids is 1. The topological polar surface area (TPSA) is 43.1 Å². The van der Waals surface area contributed by atoms with E-state index >= 15 is 0 Å². The Bertz CT molecular complexity index is 998. The van der Waals surface area contributed by atoms with Gasteiger partial charge in [-0.1, -0.05) is 44.2 Å². The zero-order valence-electron chi connectivity index (χ0n) is 19.5. The van der Waals surface area contributed by atoms with Gasteiger partial charge in [0.15, 0.2) is 0 Å². The number of carbonyl (C=O) groups is 1. The summed E-state index contributed by atoms with van der Waals surface area (Å²) in [5, 5.41) is 0. The van der Waals surface area contributed by atoms with Gasteiger partial charge in [0.1, 0.15) is 11.5 Å². The van der Waals surface area contributed by atoms with Crippen LogP contribution >= 0.6 is 0 Å². The van der Waals surface area contributed by atoms with E-state index in [-0.39, 0.29) is 0 Å². The van der Waals surface area contributed by atoms with E-state index < -0.39 is 0 Å². The summed E-state index contributed by atoms with van der Waals surface area (Å²) in [5.41, 5.74) is 7.38. The summed E-state index contributed by atoms with van der Waals surface area (Å²) in [6.45, 7) is 8.46. The normalized spacial score (nSPS) is 11.1. The van der Waals surface area contributed by atoms with Gasteiger partial charge < -0.3 is 4.42 Å². The summed E-state index contributed by atoms with van der Waals surface area (Å²) in [6, 6.07) is 15.0. The molecule has 31 heavy (non-hydrogen) atoms. The van der Waals surface area contributed by atoms with Crippen LogP contribution in [0, 0.1) is 13.8 Å². The smallest absolute Gasteiger partial charge is 0.226 e. The molecule has 0 radical (unpaired) electrons. The molecular formula is C28H35NO2. The second-order valence-electron chi connectivity index (χ2n) is 8.43. The second kappa shape index (κ2) is 11.1. The van der Waals surface area contributed by atoms with Crippen molar-refractivity contribution in [2.75, 3.05) is 0 Å². The number of rotatable bonds is 11. The third kappa shape index (κ3) is 6.40. The number of ketones is 1. The molecule has 0 amide bonds. The quantitative estimate of drug-likeness (QED) is 0.337. The van der Waals surface area contributed by atoms with Crippen molar-refractivity contribution in [3.63, 3.8) is 0 Å². The monoisotopic (exact) mass is 417 g/mol. The van der Waals surface area contributed by atoms with Crippen LogP contribution < -0.4 is 0 Å². The predicted octanol–water partition coefficient (Wildman–Crippen LogP) is 7.00. The minimum atomic E-state index is 0.347. The van der Waals surface area contributed by atoms with E-state index in [1.807, 2.05) is 6.92 Å². The number of aryl methyl sites for hydroxylation is 6. The third-order valence-electron chi connectivity index (χ3n) is 6.09. The lowest BCUT2D eigenvalue weighted by Crippen LogP contribution is -2.01. The van der Waals surface area contributed by atoms with Crippen LogP contribution in [0.4, 0.5) is 0 Å². The van der Waals surface area contributed by atoms with Crippen LogP contribution in [-0.4, -0.2) is 10.8 Å². The molecule has 0 spiro atoms. The molecule has 0 aliphatic carbocycles. The van der Waals surface area contributed by atoms with Gasteiger partial charge in [-0.3, -0.25) is 4.79 Å². The largest absolute Gasteiger partial charge is 0.441 e. The Morgan fingerprint density at radius 2 is 1.55 bits per heavy atom. The second-order valence-corrected chi connectivity index (χ2v) is 8.43. The standard InChI is InChI=1S/C28H35NO2/c1-5-22-15-17-25(18-16-22)28-29-27(21(4)31-28)12-8-11-26(30)10-7-9-23-14-13-20(3)24(6-2)19-23/h13-19H,5-12H2,1-4H3. The molecule has 0 bridgehead atoms. The predicted molar refractivity (Wildman–Crippen MR) is 127 cm³/mol.